The second-order valence-electron chi connectivity index (χ2n) is 21.3. The third kappa shape index (κ3) is 28.2. The molecule has 7 rings (SSSR count). The molecule has 5 aromatic rings. The van der Waals surface area contributed by atoms with Gasteiger partial charge in [-0.05, 0) is 121 Å². The fourth-order valence-corrected chi connectivity index (χ4v) is 7.08. The minimum atomic E-state index is -1.00. The van der Waals surface area contributed by atoms with E-state index < -0.39 is 35.8 Å². The van der Waals surface area contributed by atoms with Crippen LogP contribution in [0.1, 0.15) is 152 Å². The molecule has 7 amide bonds. The van der Waals surface area contributed by atoms with E-state index >= 15 is 0 Å². The number of fused-ring (bicyclic) bond motifs is 2. The number of ether oxygens (including phenoxy) is 3. The molecule has 21 heteroatoms. The fraction of sp³-hybridized carbons (Fsp3) is 0.403. The molecule has 448 valence electrons. The zero-order valence-corrected chi connectivity index (χ0v) is 54.2. The van der Waals surface area contributed by atoms with E-state index in [0.29, 0.717) is 48.4 Å². The number of alkyl halides is 1. The number of aryl methyl sites for hydroxylation is 1. The van der Waals surface area contributed by atoms with Gasteiger partial charge < -0.3 is 54.7 Å². The average molecular weight is 1180 g/mol. The molecule has 0 spiro atoms. The second-order valence-corrected chi connectivity index (χ2v) is 21.3. The van der Waals surface area contributed by atoms with Crippen LogP contribution in [-0.2, 0) is 53.4 Å². The topological polar surface area (TPSA) is 273 Å². The summed E-state index contributed by atoms with van der Waals surface area (Å²) in [5.74, 6) is 6.61. The van der Waals surface area contributed by atoms with E-state index in [-0.39, 0.29) is 94.6 Å². The maximum Gasteiger partial charge on any atom is 1.00 e. The number of benzene rings is 5. The smallest absolute Gasteiger partial charge is 0.587 e. The molecule has 7 N–H and O–H groups in total. The summed E-state index contributed by atoms with van der Waals surface area (Å²) >= 11 is 0. The van der Waals surface area contributed by atoms with Crippen LogP contribution in [0.2, 0.25) is 0 Å². The number of nitrogens with two attached hydrogens (primary N) is 3. The first-order chi connectivity index (χ1) is 38.9. The van der Waals surface area contributed by atoms with Crippen molar-refractivity contribution in [1.29, 1.82) is 0 Å². The van der Waals surface area contributed by atoms with Crippen molar-refractivity contribution in [2.24, 2.45) is 17.4 Å². The summed E-state index contributed by atoms with van der Waals surface area (Å²) in [6.45, 7) is 23.0. The monoisotopic (exact) mass is 1180 g/mol. The first kappa shape index (κ1) is 74.6. The number of imide groups is 2. The van der Waals surface area contributed by atoms with Crippen LogP contribution < -0.4 is 68.8 Å². The zero-order valence-electron chi connectivity index (χ0n) is 52.1. The Hall–Kier alpha value is -6.40. The Bertz CT molecular complexity index is 2690. The minimum absolute atomic E-state index is 0. The number of hydrogen-bond acceptors (Lipinski definition) is 14. The molecular weight excluding hydrogens is 1090 g/mol. The number of carbonyl (C=O) groups is 7. The predicted octanol–water partition coefficient (Wildman–Crippen LogP) is 7.74. The molecule has 0 saturated heterocycles. The van der Waals surface area contributed by atoms with Gasteiger partial charge in [0.05, 0.1) is 38.0 Å². The number of hydrazine groups is 1. The molecule has 19 nitrogen and oxygen atoms in total. The molecule has 0 unspecified atom stereocenters. The van der Waals surface area contributed by atoms with Gasteiger partial charge in [0.1, 0.15) is 16.8 Å². The van der Waals surface area contributed by atoms with Crippen molar-refractivity contribution in [3.8, 4) is 0 Å². The normalized spacial score (nSPS) is 11.8. The molecule has 0 aromatic heterocycles. The number of aliphatic hydroxyl groups excluding tert-OH is 1. The van der Waals surface area contributed by atoms with Crippen LogP contribution in [0.5, 0.6) is 0 Å². The van der Waals surface area contributed by atoms with Crippen LogP contribution in [0.25, 0.3) is 5.32 Å². The van der Waals surface area contributed by atoms with E-state index in [9.17, 15) is 38.0 Å². The number of aliphatic hydroxyl groups is 1. The van der Waals surface area contributed by atoms with Crippen molar-refractivity contribution < 1.29 is 110 Å². The van der Waals surface area contributed by atoms with Crippen molar-refractivity contribution in [3.05, 3.63) is 182 Å². The number of halogens is 1. The third-order valence-electron chi connectivity index (χ3n) is 10.9. The Morgan fingerprint density at radius 2 is 0.783 bits per heavy atom. The molecule has 0 atom stereocenters. The molecule has 2 heterocycles. The van der Waals surface area contributed by atoms with Crippen molar-refractivity contribution in [3.63, 3.8) is 0 Å². The molecule has 2 aliphatic heterocycles. The molecule has 0 fully saturated rings. The van der Waals surface area contributed by atoms with Gasteiger partial charge >= 0.3 is 69.7 Å². The average Bonchev–Trinajstić information content (AvgIpc) is 3.73. The van der Waals surface area contributed by atoms with Crippen LogP contribution >= 0.6 is 0 Å². The number of nitrogens with zero attached hydrogens (tertiary/aromatic N) is 5. The summed E-state index contributed by atoms with van der Waals surface area (Å²) in [6.07, 6.45) is 0.0393. The number of rotatable bonds is 10. The second kappa shape index (κ2) is 37.7. The fourth-order valence-electron chi connectivity index (χ4n) is 7.08. The van der Waals surface area contributed by atoms with Gasteiger partial charge in [-0.3, -0.25) is 30.6 Å². The third-order valence-corrected chi connectivity index (χ3v) is 10.9. The standard InChI is InChI=1S/C22H24N2O4.C15H23NO2.C14H22N2O2.C8H5NO2.C2H6O.CH3F.K.H4N2/c1-22(2,3)28-21(27)23(4)13-15-9-11-16(12-10-15)14-24-19(25)17-7-5-6-8-18(17)20(24)26;1-6-12-7-9-13(10-8-12)11-16(5)14(17)18-15(2,3)4;1-14(2,3)18-13(17)16(4)10-12-7-5-11(9-15)6-8-12;10-7-5-3-1-2-4-6(5)8(11)9-7;1-2-3;1-2;;1-2/h5-12H,13-14H2,1-4H3;7-10H,6,11H2,1-5H3;5-8H,9-10,15H2,1-4H3;1-4H,(H,9,10,11);3H,2H2,1H3;1H3;;1-2H2/q;;;;;;+1;/p-1/i;;;;;1D;;. The Balaban J connectivity index is 0.00000108. The first-order valence-electron chi connectivity index (χ1n) is 27.0. The molecular formula is C62H86FKN8O11. The molecule has 5 aromatic carbocycles. The van der Waals surface area contributed by atoms with Gasteiger partial charge in [0, 0.05) is 65.1 Å². The van der Waals surface area contributed by atoms with E-state index in [0.717, 1.165) is 34.2 Å². The van der Waals surface area contributed by atoms with Gasteiger partial charge in [-0.15, -0.1) is 0 Å². The summed E-state index contributed by atoms with van der Waals surface area (Å²) < 4.78 is 31.4. The Morgan fingerprint density at radius 1 is 0.530 bits per heavy atom. The maximum atomic E-state index is 12.5. The van der Waals surface area contributed by atoms with Crippen LogP contribution in [-0.4, -0.2) is 118 Å². The molecule has 0 aliphatic carbocycles. The van der Waals surface area contributed by atoms with Crippen LogP contribution in [0.4, 0.5) is 18.8 Å². The Labute approximate surface area is 534 Å². The van der Waals surface area contributed by atoms with Crippen molar-refractivity contribution in [2.45, 2.75) is 132 Å². The molecule has 83 heavy (non-hydrogen) atoms. The molecule has 0 bridgehead atoms. The summed E-state index contributed by atoms with van der Waals surface area (Å²) in [7, 11) is 4.16. The summed E-state index contributed by atoms with van der Waals surface area (Å²) in [6, 6.07) is 37.2. The van der Waals surface area contributed by atoms with E-state index in [1.54, 1.807) is 86.4 Å². The van der Waals surface area contributed by atoms with Gasteiger partial charge in [-0.2, -0.15) is 0 Å². The SMILES string of the molecule is CCO.CCc1ccc(CN(C)C(=O)OC(C)(C)C)cc1.CN(Cc1ccc(CN)cc1)C(=O)OC(C)(C)C.CN(Cc1ccc(CN2C(=O)c3ccccc3C2=O)cc1)C(=O)OC(C)(C)C.NN.O=C1[N-]C(=O)c2ccccc21.[2H]CF.[K+]. The van der Waals surface area contributed by atoms with Crippen molar-refractivity contribution >= 4 is 41.9 Å². The van der Waals surface area contributed by atoms with Crippen LogP contribution in [0.15, 0.2) is 121 Å². The van der Waals surface area contributed by atoms with Gasteiger partial charge in [0.15, 0.2) is 0 Å². The summed E-state index contributed by atoms with van der Waals surface area (Å²) in [4.78, 5) is 88.2. The van der Waals surface area contributed by atoms with E-state index in [1.807, 2.05) is 111 Å². The Morgan fingerprint density at radius 3 is 1.05 bits per heavy atom. The maximum absolute atomic E-state index is 12.5. The summed E-state index contributed by atoms with van der Waals surface area (Å²) in [5.41, 5.74) is 12.1. The van der Waals surface area contributed by atoms with Gasteiger partial charge in [0.2, 0.25) is 0 Å². The quantitative estimate of drug-likeness (QED) is 0.0343. The Kier molecular flexibility index (Phi) is 33.9. The van der Waals surface area contributed by atoms with E-state index in [1.165, 1.54) is 15.4 Å². The van der Waals surface area contributed by atoms with Crippen molar-refractivity contribution in [2.75, 3.05) is 34.9 Å². The largest absolute Gasteiger partial charge is 1.00 e. The van der Waals surface area contributed by atoms with Gasteiger partial charge in [-0.1, -0.05) is 116 Å². The number of amides is 7. The number of hydrogen-bond donors (Lipinski definition) is 4. The molecule has 0 radical (unpaired) electrons. The first-order valence-corrected chi connectivity index (χ1v) is 26.3. The van der Waals surface area contributed by atoms with E-state index in [4.69, 9.17) is 26.4 Å². The molecule has 2 aliphatic rings. The van der Waals surface area contributed by atoms with Gasteiger partial charge in [0.25, 0.3) is 11.8 Å². The van der Waals surface area contributed by atoms with Crippen LogP contribution in [0, 0.1) is 0 Å². The molecule has 0 saturated carbocycles. The zero-order chi connectivity index (χ0) is 63.3. The van der Waals surface area contributed by atoms with E-state index in [2.05, 4.69) is 48.2 Å². The number of carbonyl (C=O) groups excluding carboxylic acids is 7. The van der Waals surface area contributed by atoms with Crippen LogP contribution in [0.3, 0.4) is 0 Å². The summed E-state index contributed by atoms with van der Waals surface area (Å²) in [5, 5.41) is 10.8. The van der Waals surface area contributed by atoms with Crippen molar-refractivity contribution in [1.82, 2.24) is 19.6 Å². The minimum Gasteiger partial charge on any atom is -0.587 e. The predicted molar refractivity (Wildman–Crippen MR) is 317 cm³/mol. The van der Waals surface area contributed by atoms with Gasteiger partial charge in [-0.25, -0.2) is 14.4 Å².